The first-order chi connectivity index (χ1) is 19.2. The van der Waals surface area contributed by atoms with Crippen LogP contribution in [0.3, 0.4) is 0 Å². The number of nitrogens with zero attached hydrogens (tertiary/aromatic N) is 2. The van der Waals surface area contributed by atoms with Crippen molar-refractivity contribution >= 4 is 39.9 Å². The topological polar surface area (TPSA) is 95.7 Å². The Hall–Kier alpha value is -3.71. The molecular formula is C33H40N4O3. The van der Waals surface area contributed by atoms with Crippen LogP contribution in [0.25, 0.3) is 10.8 Å². The highest BCUT2D eigenvalue weighted by Gasteiger charge is 2.48. The number of rotatable bonds is 7. The number of amides is 3. The lowest BCUT2D eigenvalue weighted by Crippen LogP contribution is -2.63. The summed E-state index contributed by atoms with van der Waals surface area (Å²) >= 11 is 0. The lowest BCUT2D eigenvalue weighted by Gasteiger charge is -2.36. The van der Waals surface area contributed by atoms with E-state index in [0.717, 1.165) is 47.6 Å². The van der Waals surface area contributed by atoms with E-state index in [-0.39, 0.29) is 18.4 Å². The Morgan fingerprint density at radius 1 is 0.975 bits per heavy atom. The number of hydrogen-bond acceptors (Lipinski definition) is 4. The van der Waals surface area contributed by atoms with Crippen LogP contribution in [0.15, 0.2) is 60.7 Å². The van der Waals surface area contributed by atoms with Crippen LogP contribution >= 0.6 is 0 Å². The van der Waals surface area contributed by atoms with Gasteiger partial charge in [-0.2, -0.15) is 0 Å². The van der Waals surface area contributed by atoms with E-state index in [0.29, 0.717) is 30.3 Å². The second-order valence-electron chi connectivity index (χ2n) is 11.6. The zero-order valence-electron chi connectivity index (χ0n) is 23.8. The molecule has 2 aliphatic rings. The second-order valence-corrected chi connectivity index (χ2v) is 11.6. The summed E-state index contributed by atoms with van der Waals surface area (Å²) < 4.78 is 0. The third kappa shape index (κ3) is 5.10. The van der Waals surface area contributed by atoms with Crippen LogP contribution in [0.5, 0.6) is 0 Å². The molecule has 5 rings (SSSR count). The first-order valence-electron chi connectivity index (χ1n) is 14.4. The van der Waals surface area contributed by atoms with Gasteiger partial charge in [0.05, 0.1) is 23.8 Å². The summed E-state index contributed by atoms with van der Waals surface area (Å²) in [4.78, 5) is 44.9. The monoisotopic (exact) mass is 540 g/mol. The standard InChI is InChI=1S/C33H40N4O3/c1-22-17-18-24-13-7-8-14-25(24)26(22)20-37-29-16-10-9-15-28(29)36(30(38)19-23-11-5-4-6-12-23)21-27(31(37)39)33(2,35-3)32(34)40/h7-10,13-18,23,27,35H,4-6,11-12,19-21H2,1-3H3,(H2,34,40)/t27-,33?/m1/s1. The number of anilines is 2. The highest BCUT2D eigenvalue weighted by Crippen LogP contribution is 2.40. The van der Waals surface area contributed by atoms with Crippen LogP contribution < -0.4 is 20.9 Å². The zero-order chi connectivity index (χ0) is 28.4. The van der Waals surface area contributed by atoms with Crippen molar-refractivity contribution in [2.45, 2.75) is 64.5 Å². The van der Waals surface area contributed by atoms with Crippen molar-refractivity contribution in [1.29, 1.82) is 0 Å². The van der Waals surface area contributed by atoms with Gasteiger partial charge in [-0.25, -0.2) is 0 Å². The number of primary amides is 1. The van der Waals surface area contributed by atoms with Crippen LogP contribution in [0.4, 0.5) is 11.4 Å². The largest absolute Gasteiger partial charge is 0.368 e. The summed E-state index contributed by atoms with van der Waals surface area (Å²) in [7, 11) is 1.64. The molecule has 40 heavy (non-hydrogen) atoms. The maximum atomic E-state index is 14.6. The molecule has 1 aliphatic heterocycles. The van der Waals surface area contributed by atoms with Gasteiger partial charge in [-0.15, -0.1) is 0 Å². The number of carbonyl (C=O) groups excluding carboxylic acids is 3. The smallest absolute Gasteiger partial charge is 0.238 e. The Morgan fingerprint density at radius 2 is 1.65 bits per heavy atom. The molecule has 0 aromatic heterocycles. The van der Waals surface area contributed by atoms with Crippen molar-refractivity contribution in [3.8, 4) is 0 Å². The van der Waals surface area contributed by atoms with Crippen molar-refractivity contribution < 1.29 is 14.4 Å². The minimum atomic E-state index is -1.35. The van der Waals surface area contributed by atoms with E-state index in [1.54, 1.807) is 23.8 Å². The summed E-state index contributed by atoms with van der Waals surface area (Å²) in [5.74, 6) is -1.41. The van der Waals surface area contributed by atoms with Crippen molar-refractivity contribution in [2.75, 3.05) is 23.4 Å². The fourth-order valence-electron chi connectivity index (χ4n) is 6.45. The number of nitrogens with one attached hydrogen (secondary N) is 1. The molecule has 7 heteroatoms. The Kier molecular flexibility index (Phi) is 7.95. The quantitative estimate of drug-likeness (QED) is 0.437. The minimum Gasteiger partial charge on any atom is -0.368 e. The molecule has 0 spiro atoms. The molecule has 210 valence electrons. The lowest BCUT2D eigenvalue weighted by atomic mass is 9.82. The van der Waals surface area contributed by atoms with Crippen molar-refractivity contribution in [2.24, 2.45) is 17.6 Å². The normalized spacial score (nSPS) is 19.7. The summed E-state index contributed by atoms with van der Waals surface area (Å²) in [6.45, 7) is 4.10. The number of benzene rings is 3. The maximum Gasteiger partial charge on any atom is 0.238 e. The summed E-state index contributed by atoms with van der Waals surface area (Å²) in [5.41, 5.74) is 8.04. The predicted octanol–water partition coefficient (Wildman–Crippen LogP) is 5.08. The van der Waals surface area contributed by atoms with E-state index in [4.69, 9.17) is 5.73 Å². The van der Waals surface area contributed by atoms with Crippen molar-refractivity contribution in [1.82, 2.24) is 5.32 Å². The molecule has 0 saturated heterocycles. The fraction of sp³-hybridized carbons (Fsp3) is 0.424. The summed E-state index contributed by atoms with van der Waals surface area (Å²) in [6.07, 6.45) is 6.04. The third-order valence-corrected chi connectivity index (χ3v) is 9.20. The number of likely N-dealkylation sites (N-methyl/N-ethyl adjacent to an activating group) is 1. The molecule has 0 bridgehead atoms. The lowest BCUT2D eigenvalue weighted by molar-refractivity contribution is -0.133. The van der Waals surface area contributed by atoms with Crippen molar-refractivity contribution in [3.05, 3.63) is 71.8 Å². The number of para-hydroxylation sites is 2. The molecule has 3 aromatic rings. The molecule has 1 unspecified atom stereocenters. The van der Waals surface area contributed by atoms with Gasteiger partial charge in [-0.3, -0.25) is 14.4 Å². The molecule has 3 N–H and O–H groups in total. The first kappa shape index (κ1) is 27.8. The Morgan fingerprint density at radius 3 is 2.35 bits per heavy atom. The van der Waals surface area contributed by atoms with E-state index in [2.05, 4.69) is 36.5 Å². The van der Waals surface area contributed by atoms with Gasteiger partial charge in [0.15, 0.2) is 0 Å². The minimum absolute atomic E-state index is 0.0109. The molecule has 1 saturated carbocycles. The van der Waals surface area contributed by atoms with Gasteiger partial charge >= 0.3 is 0 Å². The Bertz CT molecular complexity index is 1430. The van der Waals surface area contributed by atoms with Crippen LogP contribution in [-0.4, -0.2) is 36.9 Å². The van der Waals surface area contributed by atoms with Gasteiger partial charge in [-0.1, -0.05) is 67.8 Å². The molecular weight excluding hydrogens is 500 g/mol. The third-order valence-electron chi connectivity index (χ3n) is 9.20. The SMILES string of the molecule is CNC(C)(C(N)=O)[C@@H]1CN(C(=O)CC2CCCCC2)c2ccccc2N(Cc2c(C)ccc3ccccc23)C1=O. The van der Waals surface area contributed by atoms with E-state index in [9.17, 15) is 14.4 Å². The van der Waals surface area contributed by atoms with Gasteiger partial charge in [0.1, 0.15) is 5.54 Å². The highest BCUT2D eigenvalue weighted by molar-refractivity contribution is 6.08. The van der Waals surface area contributed by atoms with Crippen LogP contribution in [-0.2, 0) is 20.9 Å². The summed E-state index contributed by atoms with van der Waals surface area (Å²) in [6, 6.07) is 19.9. The molecule has 2 atom stereocenters. The number of aryl methyl sites for hydroxylation is 1. The average molecular weight is 541 g/mol. The van der Waals surface area contributed by atoms with Crippen LogP contribution in [0.2, 0.25) is 0 Å². The van der Waals surface area contributed by atoms with Gasteiger partial charge < -0.3 is 20.9 Å². The van der Waals surface area contributed by atoms with Gasteiger partial charge in [0, 0.05) is 13.0 Å². The van der Waals surface area contributed by atoms with Crippen LogP contribution in [0.1, 0.15) is 56.6 Å². The highest BCUT2D eigenvalue weighted by atomic mass is 16.2. The maximum absolute atomic E-state index is 14.6. The molecule has 3 amide bonds. The molecule has 3 aromatic carbocycles. The van der Waals surface area contributed by atoms with E-state index >= 15 is 0 Å². The molecule has 1 fully saturated rings. The molecule has 7 nitrogen and oxygen atoms in total. The molecule has 0 radical (unpaired) electrons. The van der Waals surface area contributed by atoms with Crippen molar-refractivity contribution in [3.63, 3.8) is 0 Å². The number of carbonyl (C=O) groups is 3. The predicted molar refractivity (Wildman–Crippen MR) is 160 cm³/mol. The first-order valence-corrected chi connectivity index (χ1v) is 14.4. The van der Waals surface area contributed by atoms with Gasteiger partial charge in [0.2, 0.25) is 17.7 Å². The van der Waals surface area contributed by atoms with E-state index in [1.807, 2.05) is 36.4 Å². The Labute approximate surface area is 236 Å². The molecule has 1 aliphatic carbocycles. The number of fused-ring (bicyclic) bond motifs is 2. The Balaban J connectivity index is 1.63. The molecule has 1 heterocycles. The van der Waals surface area contributed by atoms with Gasteiger partial charge in [-0.05, 0) is 73.7 Å². The van der Waals surface area contributed by atoms with E-state index < -0.39 is 17.4 Å². The zero-order valence-corrected chi connectivity index (χ0v) is 23.8. The fourth-order valence-corrected chi connectivity index (χ4v) is 6.45. The summed E-state index contributed by atoms with van der Waals surface area (Å²) in [5, 5.41) is 5.21. The number of nitrogens with two attached hydrogens (primary N) is 1. The second kappa shape index (κ2) is 11.4. The van der Waals surface area contributed by atoms with Gasteiger partial charge in [0.25, 0.3) is 0 Å². The van der Waals surface area contributed by atoms with E-state index in [1.165, 1.54) is 6.42 Å². The number of hydrogen-bond donors (Lipinski definition) is 2. The average Bonchev–Trinajstić information content (AvgIpc) is 3.09. The van der Waals surface area contributed by atoms with Crippen LogP contribution in [0, 0.1) is 18.8 Å².